The van der Waals surface area contributed by atoms with Gasteiger partial charge in [-0.25, -0.2) is 0 Å². The minimum Gasteiger partial charge on any atom is -0.493 e. The van der Waals surface area contributed by atoms with Crippen LogP contribution in [0, 0.1) is 11.8 Å². The predicted molar refractivity (Wildman–Crippen MR) is 142 cm³/mol. The number of ether oxygens (including phenoxy) is 2. The molecule has 1 aliphatic carbocycles. The van der Waals surface area contributed by atoms with Crippen LogP contribution in [0.15, 0.2) is 35.0 Å². The molecular formula is C28H40N4O6. The summed E-state index contributed by atoms with van der Waals surface area (Å²) >= 11 is 0. The normalized spacial score (nSPS) is 16.1. The number of aromatic nitrogens is 1. The van der Waals surface area contributed by atoms with Crippen molar-refractivity contribution in [1.82, 2.24) is 21.1 Å². The van der Waals surface area contributed by atoms with E-state index in [1.165, 1.54) is 18.7 Å². The van der Waals surface area contributed by atoms with Crippen LogP contribution >= 0.6 is 0 Å². The van der Waals surface area contributed by atoms with Crippen molar-refractivity contribution in [1.29, 1.82) is 0 Å². The third kappa shape index (κ3) is 7.97. The molecule has 3 N–H and O–H groups in total. The molecule has 38 heavy (non-hydrogen) atoms. The van der Waals surface area contributed by atoms with E-state index in [-0.39, 0.29) is 30.0 Å². The van der Waals surface area contributed by atoms with E-state index in [4.69, 9.17) is 14.0 Å². The molecular weight excluding hydrogens is 488 g/mol. The van der Waals surface area contributed by atoms with Crippen molar-refractivity contribution in [2.75, 3.05) is 14.2 Å². The van der Waals surface area contributed by atoms with Crippen molar-refractivity contribution in [3.05, 3.63) is 41.8 Å². The van der Waals surface area contributed by atoms with Crippen LogP contribution in [0.5, 0.6) is 11.5 Å². The van der Waals surface area contributed by atoms with E-state index in [1.54, 1.807) is 26.4 Å². The molecule has 0 aliphatic heterocycles. The number of nitrogens with one attached hydrogen (secondary N) is 3. The van der Waals surface area contributed by atoms with Crippen molar-refractivity contribution in [3.8, 4) is 11.5 Å². The lowest BCUT2D eigenvalue weighted by Crippen LogP contribution is -2.56. The summed E-state index contributed by atoms with van der Waals surface area (Å²) < 4.78 is 15.6. The summed E-state index contributed by atoms with van der Waals surface area (Å²) in [5, 5.41) is 12.2. The number of carbonyl (C=O) groups is 3. The highest BCUT2D eigenvalue weighted by molar-refractivity contribution is 5.96. The molecule has 0 saturated heterocycles. The van der Waals surface area contributed by atoms with Gasteiger partial charge in [-0.1, -0.05) is 63.6 Å². The lowest BCUT2D eigenvalue weighted by Gasteiger charge is -2.29. The quantitative estimate of drug-likeness (QED) is 0.362. The Hall–Kier alpha value is -3.56. The maximum absolute atomic E-state index is 13.5. The lowest BCUT2D eigenvalue weighted by atomic mass is 9.84. The molecule has 3 amide bonds. The standard InChI is InChI=1S/C28H40N4O6/c1-5-18(2)25(28(35)29-17-20-11-12-22(36-3)24(16-20)37-4)32-26(33)21(15-19-9-7-6-8-10-19)31-27(34)23-13-14-30-38-23/h11-14,16,18-19,21,25H,5-10,15,17H2,1-4H3,(H,29,35)(H,31,34)(H,32,33)/t18-,21-,25-/m0/s1. The number of methoxy groups -OCH3 is 2. The van der Waals surface area contributed by atoms with E-state index >= 15 is 0 Å². The van der Waals surface area contributed by atoms with Gasteiger partial charge in [-0.2, -0.15) is 0 Å². The van der Waals surface area contributed by atoms with E-state index in [1.807, 2.05) is 19.9 Å². The summed E-state index contributed by atoms with van der Waals surface area (Å²) in [5.41, 5.74) is 0.833. The average Bonchev–Trinajstić information content (AvgIpc) is 3.49. The van der Waals surface area contributed by atoms with Crippen LogP contribution in [-0.2, 0) is 16.1 Å². The van der Waals surface area contributed by atoms with E-state index in [0.29, 0.717) is 30.3 Å². The molecule has 0 bridgehead atoms. The zero-order chi connectivity index (χ0) is 27.5. The van der Waals surface area contributed by atoms with Gasteiger partial charge in [0.25, 0.3) is 5.91 Å². The summed E-state index contributed by atoms with van der Waals surface area (Å²) in [6.45, 7) is 4.15. The van der Waals surface area contributed by atoms with E-state index in [0.717, 1.165) is 31.2 Å². The average molecular weight is 529 g/mol. The highest BCUT2D eigenvalue weighted by atomic mass is 16.5. The number of nitrogens with zero attached hydrogens (tertiary/aromatic N) is 1. The van der Waals surface area contributed by atoms with Crippen LogP contribution in [0.1, 0.15) is 74.9 Å². The van der Waals surface area contributed by atoms with Crippen molar-refractivity contribution in [2.24, 2.45) is 11.8 Å². The van der Waals surface area contributed by atoms with Gasteiger partial charge < -0.3 is 29.9 Å². The number of hydrogen-bond donors (Lipinski definition) is 3. The zero-order valence-corrected chi connectivity index (χ0v) is 22.7. The molecule has 10 nitrogen and oxygen atoms in total. The first kappa shape index (κ1) is 29.0. The monoisotopic (exact) mass is 528 g/mol. The molecule has 1 aromatic carbocycles. The Balaban J connectivity index is 1.70. The Bertz CT molecular complexity index is 1050. The van der Waals surface area contributed by atoms with Gasteiger partial charge in [-0.05, 0) is 36.0 Å². The van der Waals surface area contributed by atoms with Gasteiger partial charge in [0.05, 0.1) is 20.4 Å². The number of amides is 3. The number of benzene rings is 1. The second-order valence-corrected chi connectivity index (χ2v) is 9.92. The summed E-state index contributed by atoms with van der Waals surface area (Å²) in [4.78, 5) is 39.5. The Kier molecular flexibility index (Phi) is 11.0. The largest absolute Gasteiger partial charge is 0.493 e. The molecule has 0 unspecified atom stereocenters. The Labute approximate surface area is 224 Å². The topological polar surface area (TPSA) is 132 Å². The van der Waals surface area contributed by atoms with E-state index in [2.05, 4.69) is 21.1 Å². The molecule has 2 aromatic rings. The van der Waals surface area contributed by atoms with Crippen molar-refractivity contribution in [2.45, 2.75) is 77.4 Å². The summed E-state index contributed by atoms with van der Waals surface area (Å²) in [6, 6.07) is 5.33. The molecule has 208 valence electrons. The van der Waals surface area contributed by atoms with Gasteiger partial charge in [-0.15, -0.1) is 0 Å². The maximum atomic E-state index is 13.5. The molecule has 10 heteroatoms. The second-order valence-electron chi connectivity index (χ2n) is 9.92. The first-order valence-electron chi connectivity index (χ1n) is 13.4. The molecule has 1 saturated carbocycles. The van der Waals surface area contributed by atoms with Crippen LogP contribution in [0.3, 0.4) is 0 Å². The third-order valence-electron chi connectivity index (χ3n) is 7.29. The first-order chi connectivity index (χ1) is 18.4. The molecule has 0 radical (unpaired) electrons. The SMILES string of the molecule is CC[C@H](C)[C@H](NC(=O)[C@H](CC1CCCCC1)NC(=O)c1ccno1)C(=O)NCc1ccc(OC)c(OC)c1. The minimum atomic E-state index is -0.791. The highest BCUT2D eigenvalue weighted by Crippen LogP contribution is 2.28. The molecule has 1 heterocycles. The fraction of sp³-hybridized carbons (Fsp3) is 0.571. The van der Waals surface area contributed by atoms with Crippen LogP contribution in [0.2, 0.25) is 0 Å². The maximum Gasteiger partial charge on any atom is 0.290 e. The van der Waals surface area contributed by atoms with E-state index < -0.39 is 18.0 Å². The summed E-state index contributed by atoms with van der Waals surface area (Å²) in [5.74, 6) is 0.243. The van der Waals surface area contributed by atoms with Gasteiger partial charge in [0.1, 0.15) is 12.1 Å². The van der Waals surface area contributed by atoms with Crippen molar-refractivity contribution >= 4 is 17.7 Å². The summed E-state index contributed by atoms with van der Waals surface area (Å²) in [7, 11) is 3.12. The third-order valence-corrected chi connectivity index (χ3v) is 7.29. The van der Waals surface area contributed by atoms with Crippen LogP contribution in [0.4, 0.5) is 0 Å². The molecule has 1 aromatic heterocycles. The predicted octanol–water partition coefficient (Wildman–Crippen LogP) is 3.61. The number of hydrogen-bond acceptors (Lipinski definition) is 7. The number of carbonyl (C=O) groups excluding carboxylic acids is 3. The Morgan fingerprint density at radius 2 is 1.76 bits per heavy atom. The Morgan fingerprint density at radius 1 is 1.03 bits per heavy atom. The van der Waals surface area contributed by atoms with Crippen LogP contribution in [-0.4, -0.2) is 49.2 Å². The first-order valence-corrected chi connectivity index (χ1v) is 13.4. The summed E-state index contributed by atoms with van der Waals surface area (Å²) in [6.07, 6.45) is 8.02. The zero-order valence-electron chi connectivity index (χ0n) is 22.7. The molecule has 1 fully saturated rings. The van der Waals surface area contributed by atoms with Gasteiger partial charge in [-0.3, -0.25) is 14.4 Å². The van der Waals surface area contributed by atoms with Crippen LogP contribution < -0.4 is 25.4 Å². The molecule has 3 rings (SSSR count). The van der Waals surface area contributed by atoms with E-state index in [9.17, 15) is 14.4 Å². The lowest BCUT2D eigenvalue weighted by molar-refractivity contribution is -0.131. The van der Waals surface area contributed by atoms with Crippen molar-refractivity contribution in [3.63, 3.8) is 0 Å². The fourth-order valence-electron chi connectivity index (χ4n) is 4.80. The smallest absolute Gasteiger partial charge is 0.290 e. The van der Waals surface area contributed by atoms with Gasteiger partial charge in [0.15, 0.2) is 11.5 Å². The second kappa shape index (κ2) is 14.4. The van der Waals surface area contributed by atoms with Gasteiger partial charge in [0.2, 0.25) is 17.6 Å². The van der Waals surface area contributed by atoms with Gasteiger partial charge >= 0.3 is 0 Å². The Morgan fingerprint density at radius 3 is 2.39 bits per heavy atom. The highest BCUT2D eigenvalue weighted by Gasteiger charge is 2.32. The molecule has 1 aliphatic rings. The van der Waals surface area contributed by atoms with Gasteiger partial charge in [0, 0.05) is 12.6 Å². The minimum absolute atomic E-state index is 0.0394. The van der Waals surface area contributed by atoms with Crippen LogP contribution in [0.25, 0.3) is 0 Å². The number of rotatable bonds is 13. The molecule has 3 atom stereocenters. The fourth-order valence-corrected chi connectivity index (χ4v) is 4.80. The van der Waals surface area contributed by atoms with Crippen molar-refractivity contribution < 1.29 is 28.4 Å². The molecule has 0 spiro atoms.